The SMILES string of the molecule is CN(C)S(=O)(=O)N1CC[C@@H]2OCCC[C@]2(COc2ccccn2)C1. The number of hydrogen-bond donors (Lipinski definition) is 0. The Kier molecular flexibility index (Phi) is 5.10. The van der Waals surface area contributed by atoms with E-state index in [1.165, 1.54) is 4.31 Å². The van der Waals surface area contributed by atoms with Gasteiger partial charge in [-0.05, 0) is 25.3 Å². The normalized spacial score (nSPS) is 28.5. The molecule has 8 heteroatoms. The van der Waals surface area contributed by atoms with Crippen molar-refractivity contribution in [2.75, 3.05) is 40.4 Å². The molecular formula is C16H25N3O4S. The van der Waals surface area contributed by atoms with Crippen LogP contribution in [0.15, 0.2) is 24.4 Å². The molecule has 2 atom stereocenters. The maximum atomic E-state index is 12.5. The number of rotatable bonds is 5. The van der Waals surface area contributed by atoms with E-state index in [0.717, 1.165) is 19.4 Å². The Bertz CT molecular complexity index is 653. The topological polar surface area (TPSA) is 72.0 Å². The summed E-state index contributed by atoms with van der Waals surface area (Å²) in [7, 11) is -0.301. The second-order valence-corrected chi connectivity index (χ2v) is 8.84. The number of fused-ring (bicyclic) bond motifs is 1. The Balaban J connectivity index is 1.79. The van der Waals surface area contributed by atoms with Gasteiger partial charge < -0.3 is 9.47 Å². The zero-order chi connectivity index (χ0) is 17.2. The summed E-state index contributed by atoms with van der Waals surface area (Å²) < 4.78 is 39.8. The standard InChI is InChI=1S/C16H25N3O4S/c1-18(2)24(20,21)19-10-7-14-16(12-19,8-5-11-22-14)13-23-15-6-3-4-9-17-15/h3-4,6,9,14H,5,7-8,10-13H2,1-2H3/t14-,16+/m0/s1. The zero-order valence-electron chi connectivity index (χ0n) is 14.2. The Labute approximate surface area is 143 Å². The van der Waals surface area contributed by atoms with E-state index in [1.54, 1.807) is 24.6 Å². The van der Waals surface area contributed by atoms with Crippen LogP contribution in [0, 0.1) is 5.41 Å². The molecule has 2 saturated heterocycles. The highest BCUT2D eigenvalue weighted by molar-refractivity contribution is 7.86. The van der Waals surface area contributed by atoms with Crippen LogP contribution in [0.3, 0.4) is 0 Å². The molecule has 7 nitrogen and oxygen atoms in total. The summed E-state index contributed by atoms with van der Waals surface area (Å²) in [6.07, 6.45) is 4.22. The first-order chi connectivity index (χ1) is 11.4. The molecule has 1 aromatic rings. The molecule has 3 heterocycles. The minimum absolute atomic E-state index is 0.0311. The third kappa shape index (κ3) is 3.42. The smallest absolute Gasteiger partial charge is 0.281 e. The van der Waals surface area contributed by atoms with E-state index >= 15 is 0 Å². The van der Waals surface area contributed by atoms with Crippen LogP contribution in [0.4, 0.5) is 0 Å². The predicted octanol–water partition coefficient (Wildman–Crippen LogP) is 1.14. The van der Waals surface area contributed by atoms with Gasteiger partial charge in [0.1, 0.15) is 0 Å². The first-order valence-corrected chi connectivity index (χ1v) is 9.67. The van der Waals surface area contributed by atoms with Gasteiger partial charge in [-0.1, -0.05) is 6.07 Å². The van der Waals surface area contributed by atoms with Gasteiger partial charge in [-0.2, -0.15) is 17.0 Å². The van der Waals surface area contributed by atoms with Gasteiger partial charge >= 0.3 is 0 Å². The van der Waals surface area contributed by atoms with Gasteiger partial charge in [0.2, 0.25) is 5.88 Å². The minimum atomic E-state index is -3.43. The molecule has 0 aromatic carbocycles. The molecule has 0 radical (unpaired) electrons. The van der Waals surface area contributed by atoms with Crippen molar-refractivity contribution < 1.29 is 17.9 Å². The molecule has 0 spiro atoms. The van der Waals surface area contributed by atoms with Crippen LogP contribution in [0.25, 0.3) is 0 Å². The molecule has 2 aliphatic heterocycles. The van der Waals surface area contributed by atoms with Gasteiger partial charge in [0.15, 0.2) is 0 Å². The molecule has 1 aromatic heterocycles. The van der Waals surface area contributed by atoms with Crippen molar-refractivity contribution in [3.8, 4) is 5.88 Å². The number of aromatic nitrogens is 1. The zero-order valence-corrected chi connectivity index (χ0v) is 15.0. The van der Waals surface area contributed by atoms with Gasteiger partial charge in [0.25, 0.3) is 10.2 Å². The predicted molar refractivity (Wildman–Crippen MR) is 89.9 cm³/mol. The summed E-state index contributed by atoms with van der Waals surface area (Å²) in [4.78, 5) is 4.19. The average Bonchev–Trinajstić information content (AvgIpc) is 2.60. The van der Waals surface area contributed by atoms with Crippen LogP contribution in [-0.4, -0.2) is 68.5 Å². The lowest BCUT2D eigenvalue weighted by Gasteiger charge is -2.49. The van der Waals surface area contributed by atoms with E-state index in [1.807, 2.05) is 18.2 Å². The highest BCUT2D eigenvalue weighted by Gasteiger charge is 2.49. The van der Waals surface area contributed by atoms with E-state index in [0.29, 0.717) is 32.0 Å². The summed E-state index contributed by atoms with van der Waals surface area (Å²) >= 11 is 0. The van der Waals surface area contributed by atoms with E-state index < -0.39 is 10.2 Å². The fraction of sp³-hybridized carbons (Fsp3) is 0.688. The maximum Gasteiger partial charge on any atom is 0.281 e. The highest BCUT2D eigenvalue weighted by atomic mass is 32.2. The van der Waals surface area contributed by atoms with Gasteiger partial charge in [-0.3, -0.25) is 0 Å². The molecule has 134 valence electrons. The van der Waals surface area contributed by atoms with Crippen molar-refractivity contribution >= 4 is 10.2 Å². The summed E-state index contributed by atoms with van der Waals surface area (Å²) in [5, 5.41) is 0. The Morgan fingerprint density at radius 1 is 1.46 bits per heavy atom. The highest BCUT2D eigenvalue weighted by Crippen LogP contribution is 2.41. The lowest BCUT2D eigenvalue weighted by molar-refractivity contribution is -0.128. The number of piperidine rings is 1. The van der Waals surface area contributed by atoms with Crippen molar-refractivity contribution in [3.05, 3.63) is 24.4 Å². The number of hydrogen-bond acceptors (Lipinski definition) is 5. The molecule has 0 aliphatic carbocycles. The van der Waals surface area contributed by atoms with Crippen LogP contribution in [0.1, 0.15) is 19.3 Å². The van der Waals surface area contributed by atoms with Gasteiger partial charge in [-0.25, -0.2) is 4.98 Å². The fourth-order valence-electron chi connectivity index (χ4n) is 3.54. The second kappa shape index (κ2) is 6.95. The molecule has 0 unspecified atom stereocenters. The molecule has 2 fully saturated rings. The van der Waals surface area contributed by atoms with Crippen molar-refractivity contribution in [1.29, 1.82) is 0 Å². The number of ether oxygens (including phenoxy) is 2. The Hall–Kier alpha value is -1.22. The lowest BCUT2D eigenvalue weighted by atomic mass is 9.73. The number of nitrogens with zero attached hydrogens (tertiary/aromatic N) is 3. The first-order valence-electron chi connectivity index (χ1n) is 8.27. The van der Waals surface area contributed by atoms with Crippen LogP contribution in [-0.2, 0) is 14.9 Å². The van der Waals surface area contributed by atoms with E-state index in [9.17, 15) is 8.42 Å². The third-order valence-electron chi connectivity index (χ3n) is 4.89. The minimum Gasteiger partial charge on any atom is -0.477 e. The molecule has 0 amide bonds. The summed E-state index contributed by atoms with van der Waals surface area (Å²) in [6.45, 7) is 2.05. The van der Waals surface area contributed by atoms with Crippen LogP contribution in [0.2, 0.25) is 0 Å². The molecule has 3 rings (SSSR count). The Morgan fingerprint density at radius 3 is 3.00 bits per heavy atom. The van der Waals surface area contributed by atoms with Crippen molar-refractivity contribution in [1.82, 2.24) is 13.6 Å². The van der Waals surface area contributed by atoms with E-state index in [-0.39, 0.29) is 11.5 Å². The van der Waals surface area contributed by atoms with E-state index in [2.05, 4.69) is 4.98 Å². The largest absolute Gasteiger partial charge is 0.477 e. The molecule has 0 bridgehead atoms. The second-order valence-electron chi connectivity index (χ2n) is 6.69. The van der Waals surface area contributed by atoms with Crippen molar-refractivity contribution in [3.63, 3.8) is 0 Å². The van der Waals surface area contributed by atoms with Crippen molar-refractivity contribution in [2.24, 2.45) is 5.41 Å². The fourth-order valence-corrected chi connectivity index (χ4v) is 4.76. The van der Waals surface area contributed by atoms with Gasteiger partial charge in [-0.15, -0.1) is 0 Å². The summed E-state index contributed by atoms with van der Waals surface area (Å²) in [5.41, 5.74) is -0.322. The van der Waals surface area contributed by atoms with Gasteiger partial charge in [0.05, 0.1) is 12.7 Å². The maximum absolute atomic E-state index is 12.5. The van der Waals surface area contributed by atoms with E-state index in [4.69, 9.17) is 9.47 Å². The summed E-state index contributed by atoms with van der Waals surface area (Å²) in [6, 6.07) is 5.52. The molecule has 0 N–H and O–H groups in total. The quantitative estimate of drug-likeness (QED) is 0.792. The third-order valence-corrected chi connectivity index (χ3v) is 6.77. The molecule has 2 aliphatic rings. The summed E-state index contributed by atoms with van der Waals surface area (Å²) in [5.74, 6) is 0.559. The van der Waals surface area contributed by atoms with Gasteiger partial charge in [0, 0.05) is 51.5 Å². The van der Waals surface area contributed by atoms with Crippen LogP contribution in [0.5, 0.6) is 5.88 Å². The Morgan fingerprint density at radius 2 is 2.29 bits per heavy atom. The van der Waals surface area contributed by atoms with Crippen molar-refractivity contribution in [2.45, 2.75) is 25.4 Å². The molecule has 0 saturated carbocycles. The average molecular weight is 355 g/mol. The lowest BCUT2D eigenvalue weighted by Crippen LogP contribution is -2.59. The first kappa shape index (κ1) is 17.6. The molecular weight excluding hydrogens is 330 g/mol. The number of pyridine rings is 1. The van der Waals surface area contributed by atoms with Crippen LogP contribution >= 0.6 is 0 Å². The molecule has 24 heavy (non-hydrogen) atoms. The van der Waals surface area contributed by atoms with Crippen LogP contribution < -0.4 is 4.74 Å². The monoisotopic (exact) mass is 355 g/mol.